The molecule has 0 bridgehead atoms. The van der Waals surface area contributed by atoms with Gasteiger partial charge in [0, 0.05) is 5.57 Å². The van der Waals surface area contributed by atoms with E-state index in [0.717, 1.165) is 12.5 Å². The van der Waals surface area contributed by atoms with Crippen molar-refractivity contribution >= 4 is 21.7 Å². The van der Waals surface area contributed by atoms with E-state index in [1.165, 1.54) is 64.9 Å². The molecule has 0 atom stereocenters. The molecule has 0 aliphatic rings. The van der Waals surface area contributed by atoms with Crippen molar-refractivity contribution in [1.82, 2.24) is 0 Å². The van der Waals surface area contributed by atoms with Crippen LogP contribution in [0.2, 0.25) is 6.04 Å². The van der Waals surface area contributed by atoms with E-state index >= 15 is 0 Å². The Bertz CT molecular complexity index is 342. The van der Waals surface area contributed by atoms with Crippen LogP contribution in [0.15, 0.2) is 12.2 Å². The summed E-state index contributed by atoms with van der Waals surface area (Å²) in [5.74, 6) is -0.891. The van der Waals surface area contributed by atoms with Crippen LogP contribution in [0.3, 0.4) is 0 Å². The first-order valence-corrected chi connectivity index (χ1v) is 10.6. The van der Waals surface area contributed by atoms with Gasteiger partial charge >= 0.3 is 11.9 Å². The van der Waals surface area contributed by atoms with Crippen molar-refractivity contribution in [2.75, 3.05) is 7.11 Å². The van der Waals surface area contributed by atoms with Gasteiger partial charge in [-0.15, -0.1) is 0 Å². The average Bonchev–Trinajstić information content (AvgIpc) is 2.55. The zero-order chi connectivity index (χ0) is 17.3. The average molecular weight is 343 g/mol. The van der Waals surface area contributed by atoms with E-state index < -0.39 is 21.7 Å². The lowest BCUT2D eigenvalue weighted by Gasteiger charge is -2.06. The quantitative estimate of drug-likeness (QED) is 0.195. The molecule has 0 radical (unpaired) electrons. The molecule has 4 nitrogen and oxygen atoms in total. The van der Waals surface area contributed by atoms with Crippen LogP contribution in [-0.2, 0) is 18.8 Å². The topological polar surface area (TPSA) is 52.6 Å². The second-order valence-corrected chi connectivity index (χ2v) is 7.43. The third-order valence-electron chi connectivity index (χ3n) is 3.86. The summed E-state index contributed by atoms with van der Waals surface area (Å²) in [6.45, 7) is 5.81. The molecule has 134 valence electrons. The van der Waals surface area contributed by atoms with Crippen LogP contribution in [0, 0.1) is 0 Å². The zero-order valence-electron chi connectivity index (χ0n) is 15.0. The summed E-state index contributed by atoms with van der Waals surface area (Å²) in [6.07, 6.45) is 13.1. The predicted molar refractivity (Wildman–Crippen MR) is 97.1 cm³/mol. The van der Waals surface area contributed by atoms with Gasteiger partial charge in [0.25, 0.3) is 0 Å². The Morgan fingerprint density at radius 2 is 1.43 bits per heavy atom. The van der Waals surface area contributed by atoms with Crippen LogP contribution in [0.5, 0.6) is 0 Å². The van der Waals surface area contributed by atoms with Crippen molar-refractivity contribution in [3.63, 3.8) is 0 Å². The molecule has 0 rings (SSSR count). The second-order valence-electron chi connectivity index (χ2n) is 6.03. The molecule has 0 aromatic heterocycles. The van der Waals surface area contributed by atoms with Gasteiger partial charge in [-0.3, -0.25) is 4.79 Å². The minimum Gasteiger partial charge on any atom is -0.522 e. The zero-order valence-corrected chi connectivity index (χ0v) is 16.4. The molecule has 0 heterocycles. The third kappa shape index (κ3) is 14.2. The lowest BCUT2D eigenvalue weighted by atomic mass is 10.1. The van der Waals surface area contributed by atoms with Crippen LogP contribution >= 0.6 is 0 Å². The number of carbonyl (C=O) groups is 2. The molecule has 0 aromatic carbocycles. The smallest absolute Gasteiger partial charge is 0.320 e. The molecular weight excluding hydrogens is 308 g/mol. The van der Waals surface area contributed by atoms with Crippen molar-refractivity contribution in [3.8, 4) is 0 Å². The fraction of sp³-hybridized carbons (Fsp3) is 0.778. The Balaban J connectivity index is 3.34. The molecule has 0 aliphatic carbocycles. The van der Waals surface area contributed by atoms with Crippen molar-refractivity contribution in [3.05, 3.63) is 12.2 Å². The molecule has 0 spiro atoms. The Kier molecular flexibility index (Phi) is 15.0. The summed E-state index contributed by atoms with van der Waals surface area (Å²) < 4.78 is 9.72. The van der Waals surface area contributed by atoms with Crippen molar-refractivity contribution < 1.29 is 18.8 Å². The Morgan fingerprint density at radius 1 is 0.913 bits per heavy atom. The lowest BCUT2D eigenvalue weighted by Crippen LogP contribution is -2.14. The van der Waals surface area contributed by atoms with Crippen LogP contribution in [0.25, 0.3) is 0 Å². The van der Waals surface area contributed by atoms with Gasteiger partial charge < -0.3 is 9.16 Å². The fourth-order valence-corrected chi connectivity index (χ4v) is 3.44. The van der Waals surface area contributed by atoms with E-state index in [2.05, 4.69) is 18.2 Å². The molecule has 0 fully saturated rings. The molecule has 0 aromatic rings. The normalized spacial score (nSPS) is 10.9. The monoisotopic (exact) mass is 342 g/mol. The first-order valence-electron chi connectivity index (χ1n) is 9.03. The van der Waals surface area contributed by atoms with E-state index in [0.29, 0.717) is 0 Å². The molecule has 5 heteroatoms. The molecule has 23 heavy (non-hydrogen) atoms. The van der Waals surface area contributed by atoms with Gasteiger partial charge in [-0.2, -0.15) is 0 Å². The van der Waals surface area contributed by atoms with Gasteiger partial charge in [0.05, 0.1) is 13.5 Å². The molecule has 0 N–H and O–H groups in total. The highest BCUT2D eigenvalue weighted by atomic mass is 28.2. The summed E-state index contributed by atoms with van der Waals surface area (Å²) in [7, 11) is 0.457. The van der Waals surface area contributed by atoms with E-state index in [1.54, 1.807) is 0 Å². The maximum Gasteiger partial charge on any atom is 0.320 e. The van der Waals surface area contributed by atoms with Gasteiger partial charge in [-0.1, -0.05) is 77.7 Å². The van der Waals surface area contributed by atoms with Crippen LogP contribution < -0.4 is 0 Å². The first-order chi connectivity index (χ1) is 11.1. The highest BCUT2D eigenvalue weighted by molar-refractivity contribution is 6.31. The number of ether oxygens (including phenoxy) is 1. The maximum absolute atomic E-state index is 11.6. The SMILES string of the molecule is C=C(CC(=O)OC)C(=O)O[SiH2]CCCCCCCCCCCC. The number of hydrogen-bond donors (Lipinski definition) is 0. The standard InChI is InChI=1S/C18H34O4Si/c1-4-5-6-7-8-9-10-11-12-13-14-23-22-18(20)16(2)15-17(19)21-3/h2,4-15,23H2,1,3H3. The van der Waals surface area contributed by atoms with Gasteiger partial charge in [0.1, 0.15) is 0 Å². The first kappa shape index (κ1) is 21.9. The lowest BCUT2D eigenvalue weighted by molar-refractivity contribution is -0.141. The van der Waals surface area contributed by atoms with Gasteiger partial charge in [0.15, 0.2) is 0 Å². The summed E-state index contributed by atoms with van der Waals surface area (Å²) >= 11 is 0. The van der Waals surface area contributed by atoms with E-state index in [1.807, 2.05) is 0 Å². The minimum absolute atomic E-state index is 0.0814. The van der Waals surface area contributed by atoms with Crippen molar-refractivity contribution in [2.45, 2.75) is 83.6 Å². The van der Waals surface area contributed by atoms with E-state index in [4.69, 9.17) is 4.43 Å². The summed E-state index contributed by atoms with van der Waals surface area (Å²) in [6, 6.07) is 1.01. The molecule has 0 aliphatic heterocycles. The minimum atomic E-state index is -0.835. The Morgan fingerprint density at radius 3 is 1.96 bits per heavy atom. The highest BCUT2D eigenvalue weighted by Crippen LogP contribution is 2.11. The molecular formula is C18H34O4Si. The largest absolute Gasteiger partial charge is 0.522 e. The Labute approximate surface area is 144 Å². The molecule has 0 saturated heterocycles. The number of esters is 1. The van der Waals surface area contributed by atoms with Crippen molar-refractivity contribution in [1.29, 1.82) is 0 Å². The second kappa shape index (κ2) is 15.8. The number of methoxy groups -OCH3 is 1. The summed E-state index contributed by atoms with van der Waals surface area (Å²) in [4.78, 5) is 22.6. The van der Waals surface area contributed by atoms with Crippen LogP contribution in [0.1, 0.15) is 77.6 Å². The van der Waals surface area contributed by atoms with E-state index in [9.17, 15) is 9.59 Å². The third-order valence-corrected chi connectivity index (χ3v) is 5.11. The molecule has 0 unspecified atom stereocenters. The van der Waals surface area contributed by atoms with Crippen LogP contribution in [-0.4, -0.2) is 28.8 Å². The molecule has 0 saturated carbocycles. The fourth-order valence-electron chi connectivity index (χ4n) is 2.35. The van der Waals surface area contributed by atoms with E-state index in [-0.39, 0.29) is 12.0 Å². The highest BCUT2D eigenvalue weighted by Gasteiger charge is 2.12. The van der Waals surface area contributed by atoms with Gasteiger partial charge in [0.2, 0.25) is 9.76 Å². The van der Waals surface area contributed by atoms with Gasteiger partial charge in [-0.05, 0) is 6.04 Å². The van der Waals surface area contributed by atoms with Crippen molar-refractivity contribution in [2.24, 2.45) is 0 Å². The number of hydrogen-bond acceptors (Lipinski definition) is 4. The summed E-state index contributed by atoms with van der Waals surface area (Å²) in [5.41, 5.74) is 0.187. The number of rotatable bonds is 15. The van der Waals surface area contributed by atoms with Gasteiger partial charge in [-0.25, -0.2) is 4.79 Å². The predicted octanol–water partition coefficient (Wildman–Crippen LogP) is 4.07. The Hall–Kier alpha value is -1.10. The molecule has 0 amide bonds. The number of carbonyl (C=O) groups excluding carboxylic acids is 2. The maximum atomic E-state index is 11.6. The summed E-state index contributed by atoms with van der Waals surface area (Å²) in [5, 5.41) is 0. The van der Waals surface area contributed by atoms with Crippen LogP contribution in [0.4, 0.5) is 0 Å². The number of unbranched alkanes of at least 4 members (excludes halogenated alkanes) is 9.